The third-order valence-electron chi connectivity index (χ3n) is 28.0. The van der Waals surface area contributed by atoms with E-state index in [2.05, 4.69) is 546 Å². The Morgan fingerprint density at radius 2 is 0.208 bits per heavy atom. The van der Waals surface area contributed by atoms with Crippen LogP contribution in [-0.2, 0) is 0 Å². The van der Waals surface area contributed by atoms with Crippen LogP contribution in [0.3, 0.4) is 0 Å². The summed E-state index contributed by atoms with van der Waals surface area (Å²) < 4.78 is 0. The Labute approximate surface area is 836 Å². The molecule has 0 N–H and O–H groups in total. The predicted octanol–water partition coefficient (Wildman–Crippen LogP) is 36.7. The predicted molar refractivity (Wildman–Crippen MR) is 603 cm³/mol. The van der Waals surface area contributed by atoms with Gasteiger partial charge in [0.2, 0.25) is 0 Å². The summed E-state index contributed by atoms with van der Waals surface area (Å²) in [7, 11) is 0. The van der Waals surface area contributed by atoms with E-state index in [9.17, 15) is 0 Å². The van der Waals surface area contributed by atoms with E-state index in [-0.39, 0.29) is 0 Å². The standard InChI is InChI=1S/2C69H45N3/c1-4-25-61-49(13-1)16-10-28-64(61)52-37-31-46(32-38-52)55-19-7-22-58(43-55)67-70-68(59-23-8-20-56(44-59)47-33-39-53(40-34-47)65-29-11-17-50-14-2-5-26-62(50)65)72-69(71-67)60-24-9-21-57(45-60)48-35-41-54(42-36-48)66-30-12-18-51-15-3-6-27-63(51)66;1-4-16-61-52(10-1)13-7-19-64(61)55-34-22-46(23-35-55)49-28-40-58(41-29-49)67-70-68(59-42-30-50(31-43-59)47-24-36-56(37-25-47)65-20-8-14-53-11-2-5-17-62(53)65)72-69(71-67)60-44-32-51(33-45-60)48-26-38-57(39-27-48)66-21-9-15-54-12-3-6-18-63(54)66/h2*1-45H. The van der Waals surface area contributed by atoms with Gasteiger partial charge in [-0.2, -0.15) is 0 Å². The largest absolute Gasteiger partial charge is 0.208 e. The number of benzene rings is 24. The van der Waals surface area contributed by atoms with Crippen LogP contribution in [-0.4, -0.2) is 29.9 Å². The fraction of sp³-hybridized carbons (Fsp3) is 0. The van der Waals surface area contributed by atoms with E-state index in [1.165, 1.54) is 131 Å². The zero-order valence-corrected chi connectivity index (χ0v) is 78.6. The highest BCUT2D eigenvalue weighted by atomic mass is 15.0. The van der Waals surface area contributed by atoms with Crippen LogP contribution in [0.15, 0.2) is 546 Å². The zero-order chi connectivity index (χ0) is 95.6. The maximum atomic E-state index is 5.25. The van der Waals surface area contributed by atoms with Gasteiger partial charge in [-0.05, 0) is 216 Å². The number of aromatic nitrogens is 6. The van der Waals surface area contributed by atoms with Crippen LogP contribution in [0.4, 0.5) is 0 Å². The second kappa shape index (κ2) is 38.3. The van der Waals surface area contributed by atoms with Crippen molar-refractivity contribution in [2.45, 2.75) is 0 Å². The lowest BCUT2D eigenvalue weighted by Gasteiger charge is -2.12. The van der Waals surface area contributed by atoms with Crippen LogP contribution in [0.1, 0.15) is 0 Å². The molecule has 0 atom stereocenters. The molecule has 2 heterocycles. The van der Waals surface area contributed by atoms with Crippen molar-refractivity contribution in [1.82, 2.24) is 29.9 Å². The molecule has 6 nitrogen and oxygen atoms in total. The smallest absolute Gasteiger partial charge is 0.164 e. The van der Waals surface area contributed by atoms with Crippen molar-refractivity contribution in [2.24, 2.45) is 0 Å². The van der Waals surface area contributed by atoms with Crippen molar-refractivity contribution in [3.8, 4) is 202 Å². The lowest BCUT2D eigenvalue weighted by atomic mass is 9.95. The summed E-state index contributed by atoms with van der Waals surface area (Å²) in [5.74, 6) is 3.69. The number of hydrogen-bond acceptors (Lipinski definition) is 6. The Kier molecular flexibility index (Phi) is 23.0. The quantitative estimate of drug-likeness (QED) is 0.0852. The van der Waals surface area contributed by atoms with Crippen molar-refractivity contribution in [3.05, 3.63) is 546 Å². The molecule has 0 saturated carbocycles. The van der Waals surface area contributed by atoms with E-state index < -0.39 is 0 Å². The Balaban J connectivity index is 0.000000151. The second-order valence-electron chi connectivity index (χ2n) is 36.7. The molecular formula is C138H90N6. The van der Waals surface area contributed by atoms with Crippen LogP contribution in [0.5, 0.6) is 0 Å². The summed E-state index contributed by atoms with van der Waals surface area (Å²) >= 11 is 0. The average Bonchev–Trinajstić information content (AvgIpc) is 0.718. The Hall–Kier alpha value is -19.1. The van der Waals surface area contributed by atoms with Crippen LogP contribution >= 0.6 is 0 Å². The molecule has 0 unspecified atom stereocenters. The van der Waals surface area contributed by atoms with Gasteiger partial charge in [-0.25, -0.2) is 29.9 Å². The maximum absolute atomic E-state index is 5.25. The first-order chi connectivity index (χ1) is 71.3. The second-order valence-corrected chi connectivity index (χ2v) is 36.7. The molecule has 672 valence electrons. The third kappa shape index (κ3) is 17.5. The summed E-state index contributed by atoms with van der Waals surface area (Å²) in [6.07, 6.45) is 0. The summed E-state index contributed by atoms with van der Waals surface area (Å²) in [5, 5.41) is 14.9. The molecule has 0 spiro atoms. The number of hydrogen-bond donors (Lipinski definition) is 0. The summed E-state index contributed by atoms with van der Waals surface area (Å²) in [4.78, 5) is 31.2. The van der Waals surface area contributed by atoms with E-state index in [1.807, 2.05) is 0 Å². The molecular weight excluding hydrogens is 1740 g/mol. The van der Waals surface area contributed by atoms with Crippen molar-refractivity contribution < 1.29 is 0 Å². The van der Waals surface area contributed by atoms with Crippen molar-refractivity contribution in [1.29, 1.82) is 0 Å². The molecule has 144 heavy (non-hydrogen) atoms. The highest BCUT2D eigenvalue weighted by Crippen LogP contribution is 2.42. The lowest BCUT2D eigenvalue weighted by molar-refractivity contribution is 1.07. The fourth-order valence-corrected chi connectivity index (χ4v) is 20.4. The van der Waals surface area contributed by atoms with Gasteiger partial charge >= 0.3 is 0 Å². The first-order valence-electron chi connectivity index (χ1n) is 49.0. The lowest BCUT2D eigenvalue weighted by Crippen LogP contribution is -2.00. The van der Waals surface area contributed by atoms with Crippen molar-refractivity contribution in [3.63, 3.8) is 0 Å². The van der Waals surface area contributed by atoms with Crippen LogP contribution in [0.2, 0.25) is 0 Å². The van der Waals surface area contributed by atoms with Crippen LogP contribution < -0.4 is 0 Å². The van der Waals surface area contributed by atoms with E-state index in [0.717, 1.165) is 100 Å². The van der Waals surface area contributed by atoms with Gasteiger partial charge < -0.3 is 0 Å². The monoisotopic (exact) mass is 1830 g/mol. The minimum atomic E-state index is 0.610. The Bertz CT molecular complexity index is 8390. The number of rotatable bonds is 18. The molecule has 0 aliphatic rings. The molecule has 0 aliphatic heterocycles. The Morgan fingerprint density at radius 3 is 0.389 bits per heavy atom. The molecule has 0 bridgehead atoms. The topological polar surface area (TPSA) is 77.3 Å². The SMILES string of the molecule is c1cc(-c2ccc(-c3cccc4ccccc34)cc2)cc(-c2nc(-c3cccc(-c4ccc(-c5cccc6ccccc56)cc4)c3)nc(-c3cccc(-c4ccc(-c5cccc6ccccc56)cc4)c3)n2)c1.c1ccc2c(-c3ccc(-c4ccc(-c5nc(-c6ccc(-c7ccc(-c8cccc9ccccc89)cc7)cc6)nc(-c6ccc(-c7ccc(-c8cccc9ccccc89)cc7)cc6)n5)cc4)cc3)cccc2c1. The van der Waals surface area contributed by atoms with Crippen molar-refractivity contribution >= 4 is 64.6 Å². The maximum Gasteiger partial charge on any atom is 0.164 e. The minimum absolute atomic E-state index is 0.610. The molecule has 0 fully saturated rings. The van der Waals surface area contributed by atoms with Gasteiger partial charge in [0.15, 0.2) is 34.9 Å². The highest BCUT2D eigenvalue weighted by molar-refractivity contribution is 6.03. The normalized spacial score (nSPS) is 11.3. The minimum Gasteiger partial charge on any atom is -0.208 e. The van der Waals surface area contributed by atoms with Gasteiger partial charge in [0.25, 0.3) is 0 Å². The van der Waals surface area contributed by atoms with E-state index >= 15 is 0 Å². The van der Waals surface area contributed by atoms with Gasteiger partial charge in [-0.3, -0.25) is 0 Å². The fourth-order valence-electron chi connectivity index (χ4n) is 20.4. The molecule has 0 saturated heterocycles. The van der Waals surface area contributed by atoms with Gasteiger partial charge in [0, 0.05) is 33.4 Å². The van der Waals surface area contributed by atoms with E-state index in [4.69, 9.17) is 29.9 Å². The summed E-state index contributed by atoms with van der Waals surface area (Å²) in [6, 6.07) is 195. The number of fused-ring (bicyclic) bond motifs is 6. The molecule has 26 rings (SSSR count). The molecule has 0 radical (unpaired) electrons. The number of nitrogens with zero attached hydrogens (tertiary/aromatic N) is 6. The molecule has 2 aromatic heterocycles. The van der Waals surface area contributed by atoms with E-state index in [0.29, 0.717) is 34.9 Å². The van der Waals surface area contributed by atoms with Gasteiger partial charge in [0.1, 0.15) is 0 Å². The zero-order valence-electron chi connectivity index (χ0n) is 78.6. The molecule has 6 heteroatoms. The first-order valence-corrected chi connectivity index (χ1v) is 49.0. The molecule has 24 aromatic carbocycles. The van der Waals surface area contributed by atoms with Crippen LogP contribution in [0.25, 0.3) is 266 Å². The molecule has 26 aromatic rings. The average molecular weight is 1830 g/mol. The first kappa shape index (κ1) is 86.4. The highest BCUT2D eigenvalue weighted by Gasteiger charge is 2.21. The van der Waals surface area contributed by atoms with Crippen molar-refractivity contribution in [2.75, 3.05) is 0 Å². The summed E-state index contributed by atoms with van der Waals surface area (Å²) in [6.45, 7) is 0. The van der Waals surface area contributed by atoms with E-state index in [1.54, 1.807) is 0 Å². The summed E-state index contributed by atoms with van der Waals surface area (Å²) in [5.41, 5.74) is 33.4. The van der Waals surface area contributed by atoms with Gasteiger partial charge in [-0.15, -0.1) is 0 Å². The molecule has 0 amide bonds. The molecule has 0 aliphatic carbocycles. The van der Waals surface area contributed by atoms with Crippen LogP contribution in [0, 0.1) is 0 Å². The van der Waals surface area contributed by atoms with Gasteiger partial charge in [0.05, 0.1) is 0 Å². The Morgan fingerprint density at radius 1 is 0.0833 bits per heavy atom. The third-order valence-corrected chi connectivity index (χ3v) is 28.0. The van der Waals surface area contributed by atoms with Gasteiger partial charge in [-0.1, -0.05) is 528 Å².